The Hall–Kier alpha value is 1.11. The van der Waals surface area contributed by atoms with Gasteiger partial charge in [0.05, 0.1) is 0 Å². The van der Waals surface area contributed by atoms with Crippen molar-refractivity contribution < 1.29 is 9.53 Å². The molecule has 0 aromatic heterocycles. The number of ether oxygens (including phenoxy) is 1. The van der Waals surface area contributed by atoms with E-state index in [0.717, 1.165) is 0 Å². The quantitative estimate of drug-likeness (QED) is 0.522. The van der Waals surface area contributed by atoms with Crippen LogP contribution >= 0.6 is 0 Å². The van der Waals surface area contributed by atoms with E-state index in [4.69, 9.17) is 0 Å². The first-order chi connectivity index (χ1) is 2.77. The molecule has 0 saturated carbocycles. The zero-order valence-electron chi connectivity index (χ0n) is 4.02. The molecule has 0 radical (unpaired) electrons. The van der Waals surface area contributed by atoms with Gasteiger partial charge in [-0.15, -0.1) is 0 Å². The predicted molar refractivity (Wildman–Crippen MR) is 31.1 cm³/mol. The summed E-state index contributed by atoms with van der Waals surface area (Å²) in [5, 5.41) is 0. The first-order valence-electron chi connectivity index (χ1n) is 1.75. The van der Waals surface area contributed by atoms with Crippen molar-refractivity contribution in [2.45, 2.75) is 6.92 Å². The average Bonchev–Trinajstić information content (AvgIpc) is 1.35. The molecule has 0 aromatic carbocycles. The molecule has 7 heavy (non-hydrogen) atoms. The van der Waals surface area contributed by atoms with Gasteiger partial charge in [-0.3, -0.25) is 4.79 Å². The van der Waals surface area contributed by atoms with E-state index < -0.39 is 0 Å². The molecule has 0 aliphatic heterocycles. The Morgan fingerprint density at radius 1 is 1.71 bits per heavy atom. The summed E-state index contributed by atoms with van der Waals surface area (Å²) in [5.74, 6) is 0.0671. The summed E-state index contributed by atoms with van der Waals surface area (Å²) in [6, 6.07) is 0. The van der Waals surface area contributed by atoms with Crippen LogP contribution in [0.25, 0.3) is 0 Å². The molecule has 0 bridgehead atoms. The molecule has 0 unspecified atom stereocenters. The molecule has 0 aromatic rings. The summed E-state index contributed by atoms with van der Waals surface area (Å²) in [6.45, 7) is 1.73. The third kappa shape index (κ3) is 11.0. The molecule has 0 spiro atoms. The van der Waals surface area contributed by atoms with Crippen LogP contribution in [0, 0.1) is 0 Å². The van der Waals surface area contributed by atoms with Gasteiger partial charge in [-0.05, 0) is 6.92 Å². The molecule has 0 aliphatic carbocycles. The number of methoxy groups -OCH3 is 1. The van der Waals surface area contributed by atoms with Crippen molar-refractivity contribution in [3.63, 3.8) is 0 Å². The Labute approximate surface area is 80.5 Å². The first kappa shape index (κ1) is 11.0. The van der Waals surface area contributed by atoms with E-state index in [2.05, 4.69) is 4.74 Å². The molecule has 2 nitrogen and oxygen atoms in total. The Balaban J connectivity index is 0. The van der Waals surface area contributed by atoms with Crippen LogP contribution in [-0.2, 0) is 9.53 Å². The Bertz CT molecular complexity index is 53.7. The topological polar surface area (TPSA) is 26.3 Å². The van der Waals surface area contributed by atoms with E-state index in [1.807, 2.05) is 0 Å². The van der Waals surface area contributed by atoms with Gasteiger partial charge in [-0.25, -0.2) is 0 Å². The van der Waals surface area contributed by atoms with Gasteiger partial charge in [0.25, 0.3) is 0 Å². The Kier molecular flexibility index (Phi) is 11.2. The molecule has 3 heteroatoms. The van der Waals surface area contributed by atoms with Crippen LogP contribution in [0.5, 0.6) is 0 Å². The third-order valence-corrected chi connectivity index (χ3v) is 0.348. The molecular formula is C4H10O2Sr. The predicted octanol–water partition coefficient (Wildman–Crippen LogP) is -0.694. The molecule has 0 aliphatic rings. The summed E-state index contributed by atoms with van der Waals surface area (Å²) in [5.41, 5.74) is 0. The molecule has 0 atom stereocenters. The number of Topliss-reactive ketones (excluding diaryl/α,β-unsaturated/α-hetero) is 1. The van der Waals surface area contributed by atoms with Gasteiger partial charge < -0.3 is 4.74 Å². The van der Waals surface area contributed by atoms with Crippen LogP contribution in [-0.4, -0.2) is 65.0 Å². The summed E-state index contributed by atoms with van der Waals surface area (Å²) in [6.07, 6.45) is 0. The van der Waals surface area contributed by atoms with Crippen LogP contribution in [0.4, 0.5) is 0 Å². The van der Waals surface area contributed by atoms with E-state index in [0.29, 0.717) is 0 Å². The van der Waals surface area contributed by atoms with E-state index in [1.165, 1.54) is 14.0 Å². The zero-order valence-corrected chi connectivity index (χ0v) is 4.02. The maximum atomic E-state index is 9.92. The van der Waals surface area contributed by atoms with Crippen LogP contribution in [0.3, 0.4) is 0 Å². The van der Waals surface area contributed by atoms with Gasteiger partial charge in [0, 0.05) is 7.11 Å². The average molecular weight is 178 g/mol. The molecule has 0 saturated heterocycles. The number of carbonyl (C=O) groups is 1. The van der Waals surface area contributed by atoms with Crippen LogP contribution < -0.4 is 0 Å². The monoisotopic (exact) mass is 178 g/mol. The van der Waals surface area contributed by atoms with Crippen molar-refractivity contribution in [2.24, 2.45) is 0 Å². The minimum absolute atomic E-state index is 0. The van der Waals surface area contributed by atoms with Gasteiger partial charge >= 0.3 is 45.5 Å². The summed E-state index contributed by atoms with van der Waals surface area (Å²) >= 11 is 0. The maximum absolute atomic E-state index is 9.92. The van der Waals surface area contributed by atoms with Crippen LogP contribution in [0.1, 0.15) is 6.92 Å². The summed E-state index contributed by atoms with van der Waals surface area (Å²) in [4.78, 5) is 9.92. The Morgan fingerprint density at radius 3 is 2.14 bits per heavy atom. The van der Waals surface area contributed by atoms with Gasteiger partial charge in [0.15, 0.2) is 5.78 Å². The fraction of sp³-hybridized carbons (Fsp3) is 0.750. The number of hydrogen-bond acceptors (Lipinski definition) is 2. The second-order valence-electron chi connectivity index (χ2n) is 1.14. The van der Waals surface area contributed by atoms with E-state index in [9.17, 15) is 4.79 Å². The van der Waals surface area contributed by atoms with Crippen LogP contribution in [0.15, 0.2) is 0 Å². The molecule has 0 fully saturated rings. The standard InChI is InChI=1S/C4H8O2.Sr.2H/c1-4(5)3-6-2;;;/h3H2,1-2H3;;;. The summed E-state index contributed by atoms with van der Waals surface area (Å²) < 4.78 is 4.45. The van der Waals surface area contributed by atoms with E-state index in [-0.39, 0.29) is 57.9 Å². The van der Waals surface area contributed by atoms with Crippen molar-refractivity contribution >= 4 is 51.3 Å². The molecular weight excluding hydrogens is 168 g/mol. The summed E-state index contributed by atoms with van der Waals surface area (Å²) in [7, 11) is 1.50. The molecule has 0 heterocycles. The second-order valence-corrected chi connectivity index (χ2v) is 1.14. The molecule has 40 valence electrons. The van der Waals surface area contributed by atoms with Crippen molar-refractivity contribution in [1.29, 1.82) is 0 Å². The Morgan fingerprint density at radius 2 is 2.14 bits per heavy atom. The van der Waals surface area contributed by atoms with Crippen molar-refractivity contribution in [2.75, 3.05) is 13.7 Å². The van der Waals surface area contributed by atoms with Gasteiger partial charge in [0.2, 0.25) is 0 Å². The molecule has 0 rings (SSSR count). The zero-order chi connectivity index (χ0) is 4.99. The second kappa shape index (κ2) is 7.11. The van der Waals surface area contributed by atoms with Crippen molar-refractivity contribution in [1.82, 2.24) is 0 Å². The third-order valence-electron chi connectivity index (χ3n) is 0.348. The van der Waals surface area contributed by atoms with Gasteiger partial charge in [0.1, 0.15) is 6.61 Å². The van der Waals surface area contributed by atoms with Gasteiger partial charge in [-0.2, -0.15) is 0 Å². The van der Waals surface area contributed by atoms with E-state index >= 15 is 0 Å². The van der Waals surface area contributed by atoms with Crippen molar-refractivity contribution in [3.8, 4) is 0 Å². The minimum atomic E-state index is 0. The fourth-order valence-electron chi connectivity index (χ4n) is 0.203. The number of ketones is 1. The number of hydrogen-bond donors (Lipinski definition) is 0. The van der Waals surface area contributed by atoms with Crippen molar-refractivity contribution in [3.05, 3.63) is 0 Å². The molecule has 0 amide bonds. The van der Waals surface area contributed by atoms with E-state index in [1.54, 1.807) is 0 Å². The van der Waals surface area contributed by atoms with Crippen LogP contribution in [0.2, 0.25) is 0 Å². The first-order valence-corrected chi connectivity index (χ1v) is 1.75. The number of rotatable bonds is 2. The normalized spacial score (nSPS) is 7.14. The fourth-order valence-corrected chi connectivity index (χ4v) is 0.203. The SMILES string of the molecule is COCC(C)=O.[SrH2]. The van der Waals surface area contributed by atoms with Gasteiger partial charge in [-0.1, -0.05) is 0 Å². The molecule has 0 N–H and O–H groups in total. The number of carbonyl (C=O) groups excluding carboxylic acids is 1.